The number of carboxylic acids is 1. The minimum atomic E-state index is -0.917. The van der Waals surface area contributed by atoms with E-state index in [2.05, 4.69) is 31.9 Å². The predicted molar refractivity (Wildman–Crippen MR) is 78.9 cm³/mol. The lowest BCUT2D eigenvalue weighted by Crippen LogP contribution is -2.23. The SMILES string of the molecule is CCC(C)CN(C)Cc1cccc(/C=C/C(=O)O)c1. The molecule has 1 rings (SSSR count). The van der Waals surface area contributed by atoms with E-state index in [4.69, 9.17) is 5.11 Å². The summed E-state index contributed by atoms with van der Waals surface area (Å²) < 4.78 is 0. The van der Waals surface area contributed by atoms with Gasteiger partial charge in [0.25, 0.3) is 0 Å². The molecule has 0 aliphatic rings. The molecule has 0 radical (unpaired) electrons. The van der Waals surface area contributed by atoms with Crippen LogP contribution in [0.2, 0.25) is 0 Å². The van der Waals surface area contributed by atoms with E-state index < -0.39 is 5.97 Å². The van der Waals surface area contributed by atoms with Crippen molar-refractivity contribution in [2.24, 2.45) is 5.92 Å². The molecule has 0 aromatic heterocycles. The Kier molecular flexibility index (Phi) is 6.30. The highest BCUT2D eigenvalue weighted by atomic mass is 16.4. The van der Waals surface area contributed by atoms with Crippen molar-refractivity contribution in [2.45, 2.75) is 26.8 Å². The van der Waals surface area contributed by atoms with Crippen molar-refractivity contribution in [3.63, 3.8) is 0 Å². The van der Waals surface area contributed by atoms with E-state index in [1.807, 2.05) is 18.2 Å². The first-order valence-corrected chi connectivity index (χ1v) is 6.69. The van der Waals surface area contributed by atoms with Gasteiger partial charge in [0.2, 0.25) is 0 Å². The maximum absolute atomic E-state index is 10.5. The molecule has 19 heavy (non-hydrogen) atoms. The van der Waals surface area contributed by atoms with E-state index in [1.54, 1.807) is 6.08 Å². The largest absolute Gasteiger partial charge is 0.478 e. The van der Waals surface area contributed by atoms with Gasteiger partial charge in [-0.1, -0.05) is 44.5 Å². The highest BCUT2D eigenvalue weighted by Gasteiger charge is 2.05. The van der Waals surface area contributed by atoms with Crippen molar-refractivity contribution in [3.05, 3.63) is 41.5 Å². The van der Waals surface area contributed by atoms with Crippen molar-refractivity contribution in [3.8, 4) is 0 Å². The normalized spacial score (nSPS) is 13.1. The van der Waals surface area contributed by atoms with Crippen LogP contribution < -0.4 is 0 Å². The number of rotatable bonds is 7. The molecule has 0 heterocycles. The van der Waals surface area contributed by atoms with Crippen LogP contribution in [0.3, 0.4) is 0 Å². The van der Waals surface area contributed by atoms with Gasteiger partial charge in [-0.15, -0.1) is 0 Å². The summed E-state index contributed by atoms with van der Waals surface area (Å²) in [5.74, 6) is -0.223. The monoisotopic (exact) mass is 261 g/mol. The van der Waals surface area contributed by atoms with Gasteiger partial charge in [-0.25, -0.2) is 4.79 Å². The Bertz CT molecular complexity index is 440. The summed E-state index contributed by atoms with van der Waals surface area (Å²) in [5, 5.41) is 8.62. The molecule has 0 saturated carbocycles. The molecule has 104 valence electrons. The molecule has 1 N–H and O–H groups in total. The third kappa shape index (κ3) is 6.20. The zero-order chi connectivity index (χ0) is 14.3. The molecule has 3 heteroatoms. The molecule has 0 spiro atoms. The summed E-state index contributed by atoms with van der Waals surface area (Å²) in [5.41, 5.74) is 2.13. The lowest BCUT2D eigenvalue weighted by Gasteiger charge is -2.20. The molecule has 0 saturated heterocycles. The Morgan fingerprint density at radius 1 is 1.47 bits per heavy atom. The summed E-state index contributed by atoms with van der Waals surface area (Å²) in [7, 11) is 2.12. The molecule has 0 bridgehead atoms. The van der Waals surface area contributed by atoms with Crippen LogP contribution >= 0.6 is 0 Å². The number of benzene rings is 1. The highest BCUT2D eigenvalue weighted by Crippen LogP contribution is 2.11. The van der Waals surface area contributed by atoms with Crippen LogP contribution in [0.15, 0.2) is 30.3 Å². The molecule has 1 unspecified atom stereocenters. The summed E-state index contributed by atoms with van der Waals surface area (Å²) >= 11 is 0. The van der Waals surface area contributed by atoms with E-state index >= 15 is 0 Å². The molecule has 0 aliphatic carbocycles. The summed E-state index contributed by atoms with van der Waals surface area (Å²) in [4.78, 5) is 12.8. The summed E-state index contributed by atoms with van der Waals surface area (Å²) in [6.07, 6.45) is 3.98. The first-order valence-electron chi connectivity index (χ1n) is 6.69. The van der Waals surface area contributed by atoms with Gasteiger partial charge in [0.15, 0.2) is 0 Å². The third-order valence-electron chi connectivity index (χ3n) is 3.14. The van der Waals surface area contributed by atoms with Gasteiger partial charge in [-0.05, 0) is 30.2 Å². The number of hydrogen-bond acceptors (Lipinski definition) is 2. The van der Waals surface area contributed by atoms with Crippen molar-refractivity contribution in [2.75, 3.05) is 13.6 Å². The van der Waals surface area contributed by atoms with Gasteiger partial charge in [-0.2, -0.15) is 0 Å². The lowest BCUT2D eigenvalue weighted by atomic mass is 10.1. The lowest BCUT2D eigenvalue weighted by molar-refractivity contribution is -0.131. The van der Waals surface area contributed by atoms with Crippen LogP contribution in [0.4, 0.5) is 0 Å². The minimum absolute atomic E-state index is 0.695. The number of carboxylic acid groups (broad SMARTS) is 1. The van der Waals surface area contributed by atoms with E-state index in [9.17, 15) is 4.79 Å². The maximum Gasteiger partial charge on any atom is 0.328 e. The van der Waals surface area contributed by atoms with E-state index in [0.29, 0.717) is 5.92 Å². The third-order valence-corrected chi connectivity index (χ3v) is 3.14. The molecule has 0 fully saturated rings. The topological polar surface area (TPSA) is 40.5 Å². The second-order valence-corrected chi connectivity index (χ2v) is 5.13. The number of nitrogens with zero attached hydrogens (tertiary/aromatic N) is 1. The number of hydrogen-bond donors (Lipinski definition) is 1. The molecular formula is C16H23NO2. The first-order chi connectivity index (χ1) is 9.01. The van der Waals surface area contributed by atoms with Crippen LogP contribution in [-0.4, -0.2) is 29.6 Å². The van der Waals surface area contributed by atoms with Crippen LogP contribution in [0, 0.1) is 5.92 Å². The molecule has 1 aromatic rings. The van der Waals surface area contributed by atoms with Crippen LogP contribution in [-0.2, 0) is 11.3 Å². The zero-order valence-electron chi connectivity index (χ0n) is 12.0. The first kappa shape index (κ1) is 15.4. The predicted octanol–water partition coefficient (Wildman–Crippen LogP) is 3.26. The van der Waals surface area contributed by atoms with E-state index in [-0.39, 0.29) is 0 Å². The van der Waals surface area contributed by atoms with Gasteiger partial charge >= 0.3 is 5.97 Å². The summed E-state index contributed by atoms with van der Waals surface area (Å²) in [6, 6.07) is 7.99. The Labute approximate surface area is 115 Å². The van der Waals surface area contributed by atoms with Crippen molar-refractivity contribution < 1.29 is 9.90 Å². The Balaban J connectivity index is 2.64. The fraction of sp³-hybridized carbons (Fsp3) is 0.438. The molecular weight excluding hydrogens is 238 g/mol. The maximum atomic E-state index is 10.5. The van der Waals surface area contributed by atoms with Crippen molar-refractivity contribution in [1.82, 2.24) is 4.90 Å². The Hall–Kier alpha value is -1.61. The van der Waals surface area contributed by atoms with Crippen LogP contribution in [0.1, 0.15) is 31.4 Å². The fourth-order valence-corrected chi connectivity index (χ4v) is 2.00. The minimum Gasteiger partial charge on any atom is -0.478 e. The van der Waals surface area contributed by atoms with E-state index in [1.165, 1.54) is 18.1 Å². The molecule has 0 amide bonds. The molecule has 3 nitrogen and oxygen atoms in total. The standard InChI is InChI=1S/C16H23NO2/c1-4-13(2)11-17(3)12-15-7-5-6-14(10-15)8-9-16(18)19/h5-10,13H,4,11-12H2,1-3H3,(H,18,19)/b9-8+. The van der Waals surface area contributed by atoms with Crippen molar-refractivity contribution >= 4 is 12.0 Å². The zero-order valence-corrected chi connectivity index (χ0v) is 12.0. The van der Waals surface area contributed by atoms with Gasteiger partial charge in [-0.3, -0.25) is 0 Å². The second-order valence-electron chi connectivity index (χ2n) is 5.13. The second kappa shape index (κ2) is 7.74. The Morgan fingerprint density at radius 3 is 2.84 bits per heavy atom. The van der Waals surface area contributed by atoms with Gasteiger partial charge in [0.05, 0.1) is 0 Å². The fourth-order valence-electron chi connectivity index (χ4n) is 2.00. The molecule has 1 atom stereocenters. The number of aliphatic carboxylic acids is 1. The highest BCUT2D eigenvalue weighted by molar-refractivity contribution is 5.85. The smallest absolute Gasteiger partial charge is 0.328 e. The van der Waals surface area contributed by atoms with Crippen LogP contribution in [0.25, 0.3) is 6.08 Å². The Morgan fingerprint density at radius 2 is 2.21 bits per heavy atom. The van der Waals surface area contributed by atoms with E-state index in [0.717, 1.165) is 18.7 Å². The van der Waals surface area contributed by atoms with Gasteiger partial charge in [0.1, 0.15) is 0 Å². The van der Waals surface area contributed by atoms with Gasteiger partial charge < -0.3 is 10.0 Å². The molecule has 0 aliphatic heterocycles. The van der Waals surface area contributed by atoms with Gasteiger partial charge in [0, 0.05) is 19.2 Å². The molecule has 1 aromatic carbocycles. The average Bonchev–Trinajstić information content (AvgIpc) is 2.36. The average molecular weight is 261 g/mol. The quantitative estimate of drug-likeness (QED) is 0.766. The number of carbonyl (C=O) groups is 1. The van der Waals surface area contributed by atoms with Crippen molar-refractivity contribution in [1.29, 1.82) is 0 Å². The summed E-state index contributed by atoms with van der Waals surface area (Å²) in [6.45, 7) is 6.42. The van der Waals surface area contributed by atoms with Crippen LogP contribution in [0.5, 0.6) is 0 Å².